The zero-order valence-corrected chi connectivity index (χ0v) is 14.0. The monoisotopic (exact) mass is 324 g/mol. The quantitative estimate of drug-likeness (QED) is 0.782. The summed E-state index contributed by atoms with van der Waals surface area (Å²) in [6.07, 6.45) is 4.26. The first-order valence-corrected chi connectivity index (χ1v) is 7.96. The van der Waals surface area contributed by atoms with Gasteiger partial charge in [-0.1, -0.05) is 25.1 Å². The predicted octanol–water partition coefficient (Wildman–Crippen LogP) is 3.22. The fourth-order valence-electron chi connectivity index (χ4n) is 2.63. The second-order valence-electron chi connectivity index (χ2n) is 5.58. The molecule has 1 unspecified atom stereocenters. The molecular weight excluding hydrogens is 304 g/mol. The van der Waals surface area contributed by atoms with E-state index in [1.165, 1.54) is 0 Å². The van der Waals surface area contributed by atoms with Crippen LogP contribution in [0.3, 0.4) is 0 Å². The summed E-state index contributed by atoms with van der Waals surface area (Å²) in [5, 5.41) is 7.25. The predicted molar refractivity (Wildman–Crippen MR) is 90.1 cm³/mol. The summed E-state index contributed by atoms with van der Waals surface area (Å²) in [4.78, 5) is 16.8. The minimum Gasteiger partial charge on any atom is -0.435 e. The summed E-state index contributed by atoms with van der Waals surface area (Å²) in [5.74, 6) is 0.583. The number of hydrogen-bond acceptors (Lipinski definition) is 4. The van der Waals surface area contributed by atoms with Crippen molar-refractivity contribution in [1.82, 2.24) is 20.1 Å². The molecule has 0 fully saturated rings. The lowest BCUT2D eigenvalue weighted by molar-refractivity contribution is 0.0909. The molecule has 124 valence electrons. The standard InChI is InChI=1S/C18H20N4O2/c1-4-16-20-13(3)17(24-16)18(23)21-12(2)14-8-5-6-9-15(14)22-11-7-10-19-22/h5-12H,4H2,1-3H3,(H,21,23). The smallest absolute Gasteiger partial charge is 0.289 e. The first-order valence-electron chi connectivity index (χ1n) is 7.96. The molecule has 1 atom stereocenters. The van der Waals surface area contributed by atoms with E-state index in [-0.39, 0.29) is 17.7 Å². The van der Waals surface area contributed by atoms with E-state index < -0.39 is 0 Å². The third kappa shape index (κ3) is 3.08. The van der Waals surface area contributed by atoms with Gasteiger partial charge in [-0.3, -0.25) is 4.79 Å². The number of para-hydroxylation sites is 1. The average Bonchev–Trinajstić information content (AvgIpc) is 3.24. The van der Waals surface area contributed by atoms with E-state index in [0.717, 1.165) is 11.3 Å². The van der Waals surface area contributed by atoms with Gasteiger partial charge in [0.2, 0.25) is 5.76 Å². The van der Waals surface area contributed by atoms with Crippen molar-refractivity contribution < 1.29 is 9.21 Å². The SMILES string of the molecule is CCc1nc(C)c(C(=O)NC(C)c2ccccc2-n2cccn2)o1. The zero-order chi connectivity index (χ0) is 17.1. The summed E-state index contributed by atoms with van der Waals surface area (Å²) in [6, 6.07) is 9.51. The van der Waals surface area contributed by atoms with Crippen LogP contribution in [0, 0.1) is 6.92 Å². The molecule has 0 aliphatic rings. The Morgan fingerprint density at radius 1 is 1.33 bits per heavy atom. The maximum atomic E-state index is 12.5. The molecule has 6 heteroatoms. The Hall–Kier alpha value is -2.89. The number of carbonyl (C=O) groups excluding carboxylic acids is 1. The Morgan fingerprint density at radius 3 is 2.79 bits per heavy atom. The van der Waals surface area contributed by atoms with Crippen LogP contribution in [0.5, 0.6) is 0 Å². The van der Waals surface area contributed by atoms with Gasteiger partial charge in [-0.15, -0.1) is 0 Å². The topological polar surface area (TPSA) is 73.0 Å². The normalized spacial score (nSPS) is 12.1. The van der Waals surface area contributed by atoms with Crippen LogP contribution in [0.15, 0.2) is 47.1 Å². The van der Waals surface area contributed by atoms with Crippen molar-refractivity contribution in [1.29, 1.82) is 0 Å². The number of hydrogen-bond donors (Lipinski definition) is 1. The number of aromatic nitrogens is 3. The highest BCUT2D eigenvalue weighted by atomic mass is 16.4. The van der Waals surface area contributed by atoms with Gasteiger partial charge in [-0.25, -0.2) is 9.67 Å². The number of nitrogens with one attached hydrogen (secondary N) is 1. The molecule has 2 heterocycles. The highest BCUT2D eigenvalue weighted by molar-refractivity contribution is 5.92. The summed E-state index contributed by atoms with van der Waals surface area (Å²) in [6.45, 7) is 5.66. The van der Waals surface area contributed by atoms with Crippen molar-refractivity contribution in [2.24, 2.45) is 0 Å². The lowest BCUT2D eigenvalue weighted by Crippen LogP contribution is -2.27. The number of rotatable bonds is 5. The van der Waals surface area contributed by atoms with Crippen molar-refractivity contribution in [3.63, 3.8) is 0 Å². The van der Waals surface area contributed by atoms with Gasteiger partial charge in [-0.05, 0) is 31.5 Å². The minimum absolute atomic E-state index is 0.201. The van der Waals surface area contributed by atoms with Gasteiger partial charge in [0.15, 0.2) is 5.89 Å². The summed E-state index contributed by atoms with van der Waals surface area (Å²) >= 11 is 0. The summed E-state index contributed by atoms with van der Waals surface area (Å²) in [7, 11) is 0. The van der Waals surface area contributed by atoms with Crippen LogP contribution in [-0.2, 0) is 6.42 Å². The molecule has 1 N–H and O–H groups in total. The maximum absolute atomic E-state index is 12.5. The lowest BCUT2D eigenvalue weighted by Gasteiger charge is -2.17. The van der Waals surface area contributed by atoms with Gasteiger partial charge in [0.1, 0.15) is 0 Å². The number of aryl methyl sites for hydroxylation is 2. The van der Waals surface area contributed by atoms with Gasteiger partial charge >= 0.3 is 0 Å². The van der Waals surface area contributed by atoms with Crippen molar-refractivity contribution in [3.05, 3.63) is 65.6 Å². The van der Waals surface area contributed by atoms with E-state index in [2.05, 4.69) is 15.4 Å². The molecule has 0 saturated carbocycles. The Bertz CT molecular complexity index is 837. The molecular formula is C18H20N4O2. The molecule has 0 bridgehead atoms. The van der Waals surface area contributed by atoms with Crippen LogP contribution < -0.4 is 5.32 Å². The van der Waals surface area contributed by atoms with Crippen molar-refractivity contribution in [3.8, 4) is 5.69 Å². The average molecular weight is 324 g/mol. The second-order valence-corrected chi connectivity index (χ2v) is 5.58. The highest BCUT2D eigenvalue weighted by Crippen LogP contribution is 2.22. The zero-order valence-electron chi connectivity index (χ0n) is 14.0. The third-order valence-electron chi connectivity index (χ3n) is 3.85. The lowest BCUT2D eigenvalue weighted by atomic mass is 10.1. The Kier molecular flexibility index (Phi) is 4.46. The molecule has 3 rings (SSSR count). The summed E-state index contributed by atoms with van der Waals surface area (Å²) < 4.78 is 7.31. The summed E-state index contributed by atoms with van der Waals surface area (Å²) in [5.41, 5.74) is 2.51. The van der Waals surface area contributed by atoms with Crippen molar-refractivity contribution in [2.45, 2.75) is 33.2 Å². The second kappa shape index (κ2) is 6.70. The van der Waals surface area contributed by atoms with E-state index >= 15 is 0 Å². The van der Waals surface area contributed by atoms with E-state index in [1.54, 1.807) is 17.8 Å². The van der Waals surface area contributed by atoms with Crippen LogP contribution in [-0.4, -0.2) is 20.7 Å². The molecule has 0 aliphatic carbocycles. The Balaban J connectivity index is 1.84. The molecule has 3 aromatic rings. The van der Waals surface area contributed by atoms with Gasteiger partial charge in [0, 0.05) is 18.8 Å². The van der Waals surface area contributed by atoms with Crippen LogP contribution in [0.25, 0.3) is 5.69 Å². The Morgan fingerprint density at radius 2 is 2.12 bits per heavy atom. The Labute approximate surface area is 140 Å². The highest BCUT2D eigenvalue weighted by Gasteiger charge is 2.20. The molecule has 1 aromatic carbocycles. The molecule has 0 spiro atoms. The van der Waals surface area contributed by atoms with Crippen LogP contribution in [0.2, 0.25) is 0 Å². The first kappa shape index (κ1) is 16.0. The number of benzene rings is 1. The van der Waals surface area contributed by atoms with Crippen molar-refractivity contribution >= 4 is 5.91 Å². The van der Waals surface area contributed by atoms with E-state index in [4.69, 9.17) is 4.42 Å². The van der Waals surface area contributed by atoms with Gasteiger partial charge in [0.05, 0.1) is 17.4 Å². The number of carbonyl (C=O) groups is 1. The van der Waals surface area contributed by atoms with E-state index in [1.807, 2.05) is 50.4 Å². The fourth-order valence-corrected chi connectivity index (χ4v) is 2.63. The first-order chi connectivity index (χ1) is 11.6. The molecule has 0 aliphatic heterocycles. The minimum atomic E-state index is -0.262. The molecule has 2 aromatic heterocycles. The molecule has 6 nitrogen and oxygen atoms in total. The van der Waals surface area contributed by atoms with Crippen LogP contribution >= 0.6 is 0 Å². The number of oxazole rings is 1. The van der Waals surface area contributed by atoms with Gasteiger partial charge in [0.25, 0.3) is 5.91 Å². The van der Waals surface area contributed by atoms with E-state index in [0.29, 0.717) is 18.0 Å². The number of amides is 1. The van der Waals surface area contributed by atoms with Crippen LogP contribution in [0.4, 0.5) is 0 Å². The van der Waals surface area contributed by atoms with Crippen molar-refractivity contribution in [2.75, 3.05) is 0 Å². The van der Waals surface area contributed by atoms with E-state index in [9.17, 15) is 4.79 Å². The molecule has 24 heavy (non-hydrogen) atoms. The molecule has 1 amide bonds. The maximum Gasteiger partial charge on any atom is 0.289 e. The fraction of sp³-hybridized carbons (Fsp3) is 0.278. The van der Waals surface area contributed by atoms with Gasteiger partial charge < -0.3 is 9.73 Å². The van der Waals surface area contributed by atoms with Crippen LogP contribution in [0.1, 0.15) is 47.6 Å². The largest absolute Gasteiger partial charge is 0.435 e. The number of nitrogens with zero attached hydrogens (tertiary/aromatic N) is 3. The molecule has 0 saturated heterocycles. The molecule has 0 radical (unpaired) electrons. The van der Waals surface area contributed by atoms with Gasteiger partial charge in [-0.2, -0.15) is 5.10 Å². The third-order valence-corrected chi connectivity index (χ3v) is 3.85.